The first-order valence-corrected chi connectivity index (χ1v) is 13.1. The molecule has 0 fully saturated rings. The normalized spacial score (nSPS) is 15.6. The second kappa shape index (κ2) is 12.7. The fraction of sp³-hybridized carbons (Fsp3) is 0.379. The Kier molecular flexibility index (Phi) is 9.11. The molecule has 1 aromatic carbocycles. The van der Waals surface area contributed by atoms with Crippen LogP contribution in [0.3, 0.4) is 0 Å². The Labute approximate surface area is 230 Å². The van der Waals surface area contributed by atoms with Gasteiger partial charge < -0.3 is 20.3 Å². The number of carbonyl (C=O) groups excluding carboxylic acids is 1. The Bertz CT molecular complexity index is 1390. The number of nitrogens with one attached hydrogen (secondary N) is 2. The number of rotatable bonds is 12. The van der Waals surface area contributed by atoms with Gasteiger partial charge in [-0.2, -0.15) is 5.10 Å². The zero-order chi connectivity index (χ0) is 27.9. The molecule has 0 bridgehead atoms. The summed E-state index contributed by atoms with van der Waals surface area (Å²) in [6, 6.07) is 7.98. The number of benzene rings is 1. The van der Waals surface area contributed by atoms with Crippen LogP contribution in [-0.4, -0.2) is 82.3 Å². The van der Waals surface area contributed by atoms with Crippen LogP contribution in [-0.2, 0) is 16.6 Å². The van der Waals surface area contributed by atoms with Gasteiger partial charge in [0.25, 0.3) is 0 Å². The van der Waals surface area contributed by atoms with Crippen LogP contribution < -0.4 is 10.6 Å². The first-order chi connectivity index (χ1) is 18.8. The van der Waals surface area contributed by atoms with Gasteiger partial charge in [0.1, 0.15) is 17.9 Å². The summed E-state index contributed by atoms with van der Waals surface area (Å²) in [7, 11) is 7.78. The number of likely N-dealkylation sites (N-methyl/N-ethyl adjacent to an activating group) is 1. The Morgan fingerprint density at radius 1 is 1.26 bits per heavy atom. The van der Waals surface area contributed by atoms with Crippen molar-refractivity contribution in [2.45, 2.75) is 25.8 Å². The van der Waals surface area contributed by atoms with Crippen LogP contribution in [0.25, 0.3) is 22.2 Å². The van der Waals surface area contributed by atoms with Crippen molar-refractivity contribution >= 4 is 22.6 Å². The molecule has 3 aromatic rings. The number of aryl methyl sites for hydroxylation is 1. The molecule has 206 valence electrons. The molecule has 10 nitrogen and oxygen atoms in total. The fourth-order valence-corrected chi connectivity index (χ4v) is 4.66. The summed E-state index contributed by atoms with van der Waals surface area (Å²) >= 11 is 0. The third-order valence-corrected chi connectivity index (χ3v) is 7.13. The minimum atomic E-state index is -0.250. The van der Waals surface area contributed by atoms with E-state index in [1.807, 2.05) is 42.2 Å². The van der Waals surface area contributed by atoms with E-state index in [0.717, 1.165) is 65.4 Å². The van der Waals surface area contributed by atoms with Crippen LogP contribution in [0.2, 0.25) is 0 Å². The van der Waals surface area contributed by atoms with Crippen LogP contribution in [0.5, 0.6) is 0 Å². The molecule has 0 saturated heterocycles. The van der Waals surface area contributed by atoms with Crippen molar-refractivity contribution in [3.8, 4) is 11.3 Å². The number of hydrogen-bond acceptors (Lipinski definition) is 8. The lowest BCUT2D eigenvalue weighted by Crippen LogP contribution is -2.43. The van der Waals surface area contributed by atoms with E-state index in [2.05, 4.69) is 69.2 Å². The van der Waals surface area contributed by atoms with Crippen molar-refractivity contribution in [2.75, 3.05) is 46.2 Å². The van der Waals surface area contributed by atoms with Crippen LogP contribution in [0, 0.1) is 0 Å². The monoisotopic (exact) mass is 530 g/mol. The van der Waals surface area contributed by atoms with Gasteiger partial charge in [0.05, 0.1) is 36.3 Å². The Morgan fingerprint density at radius 2 is 2.08 bits per heavy atom. The highest BCUT2D eigenvalue weighted by atomic mass is 16.5. The zero-order valence-electron chi connectivity index (χ0n) is 23.4. The summed E-state index contributed by atoms with van der Waals surface area (Å²) in [6.45, 7) is 8.68. The first-order valence-electron chi connectivity index (χ1n) is 13.1. The van der Waals surface area contributed by atoms with Gasteiger partial charge in [-0.25, -0.2) is 9.97 Å². The highest BCUT2D eigenvalue weighted by Gasteiger charge is 2.28. The van der Waals surface area contributed by atoms with Gasteiger partial charge in [0.2, 0.25) is 5.91 Å². The second-order valence-electron chi connectivity index (χ2n) is 9.74. The molecule has 1 atom stereocenters. The van der Waals surface area contributed by atoms with E-state index in [9.17, 15) is 4.79 Å². The van der Waals surface area contributed by atoms with Crippen molar-refractivity contribution in [2.24, 2.45) is 7.05 Å². The average molecular weight is 531 g/mol. The lowest BCUT2D eigenvalue weighted by Gasteiger charge is -2.34. The molecular weight excluding hydrogens is 492 g/mol. The lowest BCUT2D eigenvalue weighted by atomic mass is 9.99. The maximum Gasteiger partial charge on any atom is 0.247 e. The number of allylic oxidation sites excluding steroid dienone is 1. The summed E-state index contributed by atoms with van der Waals surface area (Å²) in [6.07, 6.45) is 8.20. The summed E-state index contributed by atoms with van der Waals surface area (Å²) in [5.74, 6) is 1.15. The van der Waals surface area contributed by atoms with E-state index in [1.54, 1.807) is 7.11 Å². The van der Waals surface area contributed by atoms with Gasteiger partial charge in [-0.3, -0.25) is 14.4 Å². The van der Waals surface area contributed by atoms with E-state index >= 15 is 0 Å². The van der Waals surface area contributed by atoms with Crippen molar-refractivity contribution in [1.29, 1.82) is 0 Å². The standard InChI is InChI=1S/C29H38N8O2/c1-7-29(38)34-23-15-24(27(39-6)17-26(23)36(4)13-9-12-35(3)8-2)33-28-16-22(30-19-31-28)20-10-11-21-18-32-37(5)25(21)14-20/h7,10-11,14-16,18-19,26H,1,8-9,12-13,17H2,2-6H3,(H,34,38)(H,30,31,33)/t26-/m0/s1. The van der Waals surface area contributed by atoms with Gasteiger partial charge in [-0.05, 0) is 58.4 Å². The number of nitrogens with zero attached hydrogens (tertiary/aromatic N) is 6. The van der Waals surface area contributed by atoms with Crippen LogP contribution in [0.4, 0.5) is 5.82 Å². The van der Waals surface area contributed by atoms with E-state index in [-0.39, 0.29) is 11.9 Å². The average Bonchev–Trinajstić information content (AvgIpc) is 3.32. The van der Waals surface area contributed by atoms with Crippen LogP contribution in [0.15, 0.2) is 72.7 Å². The van der Waals surface area contributed by atoms with Gasteiger partial charge in [0.15, 0.2) is 0 Å². The number of aromatic nitrogens is 4. The predicted octanol–water partition coefficient (Wildman–Crippen LogP) is 3.53. The van der Waals surface area contributed by atoms with E-state index < -0.39 is 0 Å². The SMILES string of the molecule is C=CC(=O)NC1=CC(Nc2cc(-c3ccc4cnn(C)c4c3)ncn2)=C(OC)C[C@@H]1N(C)CCCN(C)CC. The lowest BCUT2D eigenvalue weighted by molar-refractivity contribution is -0.116. The maximum absolute atomic E-state index is 12.3. The number of fused-ring (bicyclic) bond motifs is 1. The van der Waals surface area contributed by atoms with E-state index in [4.69, 9.17) is 4.74 Å². The molecule has 2 heterocycles. The van der Waals surface area contributed by atoms with Crippen molar-refractivity contribution < 1.29 is 9.53 Å². The Balaban J connectivity index is 1.58. The predicted molar refractivity (Wildman–Crippen MR) is 155 cm³/mol. The number of hydrogen-bond donors (Lipinski definition) is 2. The molecule has 4 rings (SSSR count). The third-order valence-electron chi connectivity index (χ3n) is 7.13. The van der Waals surface area contributed by atoms with E-state index in [1.165, 1.54) is 12.4 Å². The number of anilines is 1. The van der Waals surface area contributed by atoms with Crippen molar-refractivity contribution in [3.63, 3.8) is 0 Å². The highest BCUT2D eigenvalue weighted by molar-refractivity contribution is 5.88. The molecule has 2 aromatic heterocycles. The number of ether oxygens (including phenoxy) is 1. The number of methoxy groups -OCH3 is 1. The summed E-state index contributed by atoms with van der Waals surface area (Å²) in [5, 5.41) is 11.8. The molecule has 10 heteroatoms. The molecule has 0 unspecified atom stereocenters. The van der Waals surface area contributed by atoms with Gasteiger partial charge >= 0.3 is 0 Å². The number of carbonyl (C=O) groups is 1. The molecule has 1 amide bonds. The minimum Gasteiger partial charge on any atom is -0.499 e. The molecule has 0 radical (unpaired) electrons. The molecule has 0 saturated carbocycles. The fourth-order valence-electron chi connectivity index (χ4n) is 4.66. The quantitative estimate of drug-likeness (QED) is 0.343. The maximum atomic E-state index is 12.3. The van der Waals surface area contributed by atoms with Crippen molar-refractivity contribution in [1.82, 2.24) is 34.9 Å². The highest BCUT2D eigenvalue weighted by Crippen LogP contribution is 2.29. The summed E-state index contributed by atoms with van der Waals surface area (Å²) in [4.78, 5) is 25.8. The topological polar surface area (TPSA) is 100 Å². The summed E-state index contributed by atoms with van der Waals surface area (Å²) in [5.41, 5.74) is 4.29. The molecular formula is C29H38N8O2. The van der Waals surface area contributed by atoms with Gasteiger partial charge in [-0.1, -0.05) is 25.6 Å². The summed E-state index contributed by atoms with van der Waals surface area (Å²) < 4.78 is 7.66. The molecule has 2 N–H and O–H groups in total. The minimum absolute atomic E-state index is 0.0482. The molecule has 0 spiro atoms. The second-order valence-corrected chi connectivity index (χ2v) is 9.74. The molecule has 39 heavy (non-hydrogen) atoms. The third kappa shape index (κ3) is 6.71. The largest absolute Gasteiger partial charge is 0.499 e. The van der Waals surface area contributed by atoms with Crippen LogP contribution in [0.1, 0.15) is 19.8 Å². The smallest absolute Gasteiger partial charge is 0.247 e. The Morgan fingerprint density at radius 3 is 2.82 bits per heavy atom. The zero-order valence-corrected chi connectivity index (χ0v) is 23.4. The Hall–Kier alpha value is -4.02. The van der Waals surface area contributed by atoms with Gasteiger partial charge in [-0.15, -0.1) is 0 Å². The first kappa shape index (κ1) is 28.0. The molecule has 1 aliphatic carbocycles. The van der Waals surface area contributed by atoms with Crippen LogP contribution >= 0.6 is 0 Å². The van der Waals surface area contributed by atoms with E-state index in [0.29, 0.717) is 12.2 Å². The van der Waals surface area contributed by atoms with Crippen molar-refractivity contribution in [3.05, 3.63) is 72.7 Å². The number of amides is 1. The van der Waals surface area contributed by atoms with Gasteiger partial charge in [0, 0.05) is 36.2 Å². The molecule has 0 aliphatic heterocycles. The molecule has 1 aliphatic rings.